The molecule has 10 heteroatoms. The van der Waals surface area contributed by atoms with Gasteiger partial charge in [-0.15, -0.1) is 11.8 Å². The number of nitrogens with zero attached hydrogens (tertiary/aromatic N) is 3. The number of aryl methyl sites for hydroxylation is 1. The van der Waals surface area contributed by atoms with Crippen molar-refractivity contribution in [3.63, 3.8) is 0 Å². The molecule has 0 spiro atoms. The number of carbonyl (C=O) groups excluding carboxylic acids is 2. The summed E-state index contributed by atoms with van der Waals surface area (Å²) in [5.41, 5.74) is 4.06. The molecule has 2 aromatic carbocycles. The zero-order valence-electron chi connectivity index (χ0n) is 24.2. The molecule has 1 unspecified atom stereocenters. The van der Waals surface area contributed by atoms with Gasteiger partial charge in [0.15, 0.2) is 0 Å². The van der Waals surface area contributed by atoms with Gasteiger partial charge in [0.25, 0.3) is 0 Å². The summed E-state index contributed by atoms with van der Waals surface area (Å²) in [5.74, 6) is 1.69. The third-order valence-corrected chi connectivity index (χ3v) is 8.03. The number of carbonyl (C=O) groups is 2. The van der Waals surface area contributed by atoms with Crippen LogP contribution in [0, 0.1) is 6.92 Å². The van der Waals surface area contributed by atoms with Gasteiger partial charge in [-0.3, -0.25) is 14.5 Å². The summed E-state index contributed by atoms with van der Waals surface area (Å²) < 4.78 is 18.3. The molecule has 0 fully saturated rings. The van der Waals surface area contributed by atoms with Crippen LogP contribution in [0.1, 0.15) is 48.4 Å². The summed E-state index contributed by atoms with van der Waals surface area (Å²) in [7, 11) is 4.84. The number of thioether (sulfide) groups is 1. The number of methoxy groups -OCH3 is 3. The summed E-state index contributed by atoms with van der Waals surface area (Å²) in [4.78, 5) is 28.5. The van der Waals surface area contributed by atoms with E-state index in [0.29, 0.717) is 30.5 Å². The Labute approximate surface area is 240 Å². The summed E-state index contributed by atoms with van der Waals surface area (Å²) in [6.45, 7) is 8.93. The molecule has 2 amide bonds. The molecule has 1 atom stereocenters. The maximum absolute atomic E-state index is 13.8. The Morgan fingerprint density at radius 1 is 1.12 bits per heavy atom. The standard InChI is InChI=1S/C30H38N4O5S/c1-19-10-8-9-11-22(19)34-29-26(28(32-34)30(2,3)4)27(21-16-20(38-6)12-13-23(21)39-7)40-18-25(36)33(29)17-24(35)31-14-15-37-5/h8-13,16,27H,14-15,17-18H2,1-7H3,(H,31,35). The summed E-state index contributed by atoms with van der Waals surface area (Å²) >= 11 is 1.50. The molecule has 9 nitrogen and oxygen atoms in total. The number of benzene rings is 2. The summed E-state index contributed by atoms with van der Waals surface area (Å²) in [6.07, 6.45) is 0. The Morgan fingerprint density at radius 3 is 2.52 bits per heavy atom. The number of fused-ring (bicyclic) bond motifs is 1. The molecule has 0 saturated heterocycles. The average molecular weight is 567 g/mol. The molecule has 0 aliphatic carbocycles. The lowest BCUT2D eigenvalue weighted by Crippen LogP contribution is -2.43. The van der Waals surface area contributed by atoms with Crippen LogP contribution in [-0.2, 0) is 19.7 Å². The fourth-order valence-electron chi connectivity index (χ4n) is 4.82. The van der Waals surface area contributed by atoms with Crippen LogP contribution in [0.2, 0.25) is 0 Å². The second kappa shape index (κ2) is 12.3. The van der Waals surface area contributed by atoms with Gasteiger partial charge in [0.1, 0.15) is 23.9 Å². The van der Waals surface area contributed by atoms with Gasteiger partial charge in [0, 0.05) is 30.2 Å². The van der Waals surface area contributed by atoms with Crippen molar-refractivity contribution in [2.45, 2.75) is 38.4 Å². The number of amides is 2. The van der Waals surface area contributed by atoms with Gasteiger partial charge in [-0.05, 0) is 36.8 Å². The Balaban J connectivity index is 2.02. The van der Waals surface area contributed by atoms with Crippen molar-refractivity contribution < 1.29 is 23.8 Å². The highest BCUT2D eigenvalue weighted by Crippen LogP contribution is 2.51. The molecular weight excluding hydrogens is 528 g/mol. The van der Waals surface area contributed by atoms with Crippen LogP contribution in [0.15, 0.2) is 42.5 Å². The van der Waals surface area contributed by atoms with Crippen molar-refractivity contribution in [3.05, 3.63) is 64.8 Å². The fourth-order valence-corrected chi connectivity index (χ4v) is 6.04. The number of anilines is 1. The highest BCUT2D eigenvalue weighted by atomic mass is 32.2. The molecule has 4 rings (SSSR count). The first-order valence-electron chi connectivity index (χ1n) is 13.2. The van der Waals surface area contributed by atoms with Crippen molar-refractivity contribution >= 4 is 29.4 Å². The van der Waals surface area contributed by atoms with Crippen molar-refractivity contribution in [1.82, 2.24) is 15.1 Å². The van der Waals surface area contributed by atoms with Gasteiger partial charge in [0.2, 0.25) is 11.8 Å². The van der Waals surface area contributed by atoms with Gasteiger partial charge in [0.05, 0.1) is 43.2 Å². The zero-order chi connectivity index (χ0) is 29.0. The zero-order valence-corrected chi connectivity index (χ0v) is 25.1. The second-order valence-corrected chi connectivity index (χ2v) is 11.7. The SMILES string of the molecule is COCCNC(=O)CN1C(=O)CSC(c2cc(OC)ccc2OC)c2c(C(C)(C)C)nn(-c3ccccc3C)c21. The Bertz CT molecular complexity index is 1380. The van der Waals surface area contributed by atoms with Crippen molar-refractivity contribution in [1.29, 1.82) is 0 Å². The number of rotatable bonds is 9. The highest BCUT2D eigenvalue weighted by Gasteiger charge is 2.41. The smallest absolute Gasteiger partial charge is 0.240 e. The topological polar surface area (TPSA) is 94.9 Å². The van der Waals surface area contributed by atoms with Crippen molar-refractivity contribution in [2.75, 3.05) is 51.7 Å². The number of nitrogens with one attached hydrogen (secondary N) is 1. The third-order valence-electron chi connectivity index (χ3n) is 6.79. The van der Waals surface area contributed by atoms with Crippen LogP contribution in [0.25, 0.3) is 5.69 Å². The summed E-state index contributed by atoms with van der Waals surface area (Å²) in [6, 6.07) is 13.6. The van der Waals surface area contributed by atoms with E-state index in [9.17, 15) is 9.59 Å². The maximum Gasteiger partial charge on any atom is 0.240 e. The van der Waals surface area contributed by atoms with E-state index in [1.807, 2.05) is 54.1 Å². The van der Waals surface area contributed by atoms with Crippen molar-refractivity contribution in [2.24, 2.45) is 0 Å². The number of para-hydroxylation sites is 1. The molecule has 1 N–H and O–H groups in total. The van der Waals surface area contributed by atoms with Crippen LogP contribution in [-0.4, -0.2) is 68.4 Å². The number of aromatic nitrogens is 2. The molecule has 214 valence electrons. The minimum Gasteiger partial charge on any atom is -0.497 e. The number of hydrogen-bond donors (Lipinski definition) is 1. The largest absolute Gasteiger partial charge is 0.497 e. The number of ether oxygens (including phenoxy) is 3. The lowest BCUT2D eigenvalue weighted by molar-refractivity contribution is -0.123. The lowest BCUT2D eigenvalue weighted by atomic mass is 9.87. The van der Waals surface area contributed by atoms with Crippen LogP contribution in [0.4, 0.5) is 5.82 Å². The second-order valence-electron chi connectivity index (χ2n) is 10.7. The van der Waals surface area contributed by atoms with Gasteiger partial charge in [-0.25, -0.2) is 4.68 Å². The third kappa shape index (κ3) is 5.97. The first-order chi connectivity index (χ1) is 19.1. The molecule has 1 aromatic heterocycles. The molecule has 0 bridgehead atoms. The maximum atomic E-state index is 13.8. The minimum absolute atomic E-state index is 0.140. The molecule has 3 aromatic rings. The van der Waals surface area contributed by atoms with E-state index in [0.717, 1.165) is 28.1 Å². The quantitative estimate of drug-likeness (QED) is 0.383. The first kappa shape index (κ1) is 29.5. The summed E-state index contributed by atoms with van der Waals surface area (Å²) in [5, 5.41) is 7.71. The van der Waals surface area contributed by atoms with E-state index in [-0.39, 0.29) is 34.8 Å². The van der Waals surface area contributed by atoms with E-state index in [1.54, 1.807) is 26.2 Å². The Kier molecular flexibility index (Phi) is 9.10. The predicted molar refractivity (Wildman–Crippen MR) is 158 cm³/mol. The molecule has 40 heavy (non-hydrogen) atoms. The monoisotopic (exact) mass is 566 g/mol. The van der Waals surface area contributed by atoms with Crippen LogP contribution in [0.3, 0.4) is 0 Å². The Hall–Kier alpha value is -3.50. The van der Waals surface area contributed by atoms with Crippen LogP contribution < -0.4 is 19.7 Å². The molecule has 0 saturated carbocycles. The lowest BCUT2D eigenvalue weighted by Gasteiger charge is -2.25. The van der Waals surface area contributed by atoms with Crippen LogP contribution in [0.5, 0.6) is 11.5 Å². The normalized spacial score (nSPS) is 15.4. The van der Waals surface area contributed by atoms with Gasteiger partial charge in [-0.2, -0.15) is 5.10 Å². The minimum atomic E-state index is -0.372. The van der Waals surface area contributed by atoms with E-state index in [2.05, 4.69) is 26.1 Å². The number of hydrogen-bond acceptors (Lipinski definition) is 7. The average Bonchev–Trinajstić information content (AvgIpc) is 3.26. The van der Waals surface area contributed by atoms with E-state index in [4.69, 9.17) is 19.3 Å². The predicted octanol–water partition coefficient (Wildman–Crippen LogP) is 4.43. The fraction of sp³-hybridized carbons (Fsp3) is 0.433. The van der Waals surface area contributed by atoms with E-state index < -0.39 is 0 Å². The molecule has 0 radical (unpaired) electrons. The Morgan fingerprint density at radius 2 is 1.88 bits per heavy atom. The first-order valence-corrected chi connectivity index (χ1v) is 14.2. The molecular formula is C30H38N4O5S. The molecule has 1 aliphatic rings. The highest BCUT2D eigenvalue weighted by molar-refractivity contribution is 8.00. The molecule has 1 aliphatic heterocycles. The van der Waals surface area contributed by atoms with Crippen molar-refractivity contribution in [3.8, 4) is 17.2 Å². The van der Waals surface area contributed by atoms with E-state index >= 15 is 0 Å². The van der Waals surface area contributed by atoms with Gasteiger partial charge < -0.3 is 19.5 Å². The van der Waals surface area contributed by atoms with E-state index in [1.165, 1.54) is 11.8 Å². The van der Waals surface area contributed by atoms with Crippen LogP contribution >= 0.6 is 11.8 Å². The van der Waals surface area contributed by atoms with Gasteiger partial charge >= 0.3 is 0 Å². The van der Waals surface area contributed by atoms with Gasteiger partial charge in [-0.1, -0.05) is 39.0 Å². The molecule has 2 heterocycles.